The SMILES string of the molecule is CN(Cc1cccc(-c2ncn[nH]2)c1)CC1CCCCO1. The molecule has 0 spiro atoms. The molecule has 0 radical (unpaired) electrons. The van der Waals surface area contributed by atoms with Gasteiger partial charge < -0.3 is 4.74 Å². The molecule has 1 aromatic heterocycles. The van der Waals surface area contributed by atoms with E-state index in [9.17, 15) is 0 Å². The lowest BCUT2D eigenvalue weighted by Crippen LogP contribution is -2.33. The third kappa shape index (κ3) is 3.89. The molecular weight excluding hydrogens is 264 g/mol. The van der Waals surface area contributed by atoms with Crippen molar-refractivity contribution in [2.75, 3.05) is 20.2 Å². The van der Waals surface area contributed by atoms with E-state index < -0.39 is 0 Å². The van der Waals surface area contributed by atoms with Gasteiger partial charge in [0, 0.05) is 25.3 Å². The van der Waals surface area contributed by atoms with Crippen molar-refractivity contribution in [2.24, 2.45) is 0 Å². The van der Waals surface area contributed by atoms with Crippen LogP contribution in [0.3, 0.4) is 0 Å². The van der Waals surface area contributed by atoms with Crippen molar-refractivity contribution in [3.8, 4) is 11.4 Å². The lowest BCUT2D eigenvalue weighted by atomic mass is 10.1. The van der Waals surface area contributed by atoms with E-state index >= 15 is 0 Å². The van der Waals surface area contributed by atoms with Gasteiger partial charge >= 0.3 is 0 Å². The van der Waals surface area contributed by atoms with Gasteiger partial charge in [0.2, 0.25) is 0 Å². The summed E-state index contributed by atoms with van der Waals surface area (Å²) in [5.74, 6) is 0.815. The molecule has 0 amide bonds. The summed E-state index contributed by atoms with van der Waals surface area (Å²) in [6.07, 6.45) is 5.61. The van der Waals surface area contributed by atoms with E-state index in [4.69, 9.17) is 4.74 Å². The van der Waals surface area contributed by atoms with E-state index in [1.807, 2.05) is 6.07 Å². The normalized spacial score (nSPS) is 19.0. The predicted octanol–water partition coefficient (Wildman–Crippen LogP) is 2.47. The van der Waals surface area contributed by atoms with Crippen LogP contribution in [0.5, 0.6) is 0 Å². The zero-order chi connectivity index (χ0) is 14.5. The van der Waals surface area contributed by atoms with Gasteiger partial charge in [-0.25, -0.2) is 4.98 Å². The molecule has 1 atom stereocenters. The first-order valence-corrected chi connectivity index (χ1v) is 7.56. The molecule has 1 N–H and O–H groups in total. The summed E-state index contributed by atoms with van der Waals surface area (Å²) in [6, 6.07) is 8.43. The Morgan fingerprint density at radius 1 is 1.38 bits per heavy atom. The number of aromatic amines is 1. The number of rotatable bonds is 5. The molecular formula is C16H22N4O. The maximum atomic E-state index is 5.80. The quantitative estimate of drug-likeness (QED) is 0.917. The third-order valence-corrected chi connectivity index (χ3v) is 3.86. The Hall–Kier alpha value is -1.72. The standard InChI is InChI=1S/C16H22N4O/c1-20(11-15-7-2-3-8-21-15)10-13-5-4-6-14(9-13)16-17-12-18-19-16/h4-6,9,12,15H,2-3,7-8,10-11H2,1H3,(H,17,18,19). The molecule has 3 rings (SSSR count). The van der Waals surface area contributed by atoms with Crippen LogP contribution >= 0.6 is 0 Å². The van der Waals surface area contributed by atoms with Gasteiger partial charge in [-0.3, -0.25) is 10.00 Å². The second kappa shape index (κ2) is 6.83. The Kier molecular flexibility index (Phi) is 4.62. The van der Waals surface area contributed by atoms with Crippen molar-refractivity contribution in [3.05, 3.63) is 36.2 Å². The number of aromatic nitrogens is 3. The Morgan fingerprint density at radius 2 is 2.33 bits per heavy atom. The van der Waals surface area contributed by atoms with Crippen molar-refractivity contribution in [2.45, 2.75) is 31.9 Å². The summed E-state index contributed by atoms with van der Waals surface area (Å²) in [6.45, 7) is 2.83. The number of H-pyrrole nitrogens is 1. The van der Waals surface area contributed by atoms with Crippen LogP contribution in [0.1, 0.15) is 24.8 Å². The van der Waals surface area contributed by atoms with Gasteiger partial charge in [-0.05, 0) is 37.9 Å². The molecule has 21 heavy (non-hydrogen) atoms. The smallest absolute Gasteiger partial charge is 0.155 e. The Balaban J connectivity index is 1.60. The monoisotopic (exact) mass is 286 g/mol. The highest BCUT2D eigenvalue weighted by Gasteiger charge is 2.16. The largest absolute Gasteiger partial charge is 0.377 e. The lowest BCUT2D eigenvalue weighted by molar-refractivity contribution is -0.00258. The fourth-order valence-electron chi connectivity index (χ4n) is 2.84. The third-order valence-electron chi connectivity index (χ3n) is 3.86. The molecule has 1 aliphatic heterocycles. The van der Waals surface area contributed by atoms with Crippen molar-refractivity contribution >= 4 is 0 Å². The van der Waals surface area contributed by atoms with Crippen LogP contribution in [0.2, 0.25) is 0 Å². The summed E-state index contributed by atoms with van der Waals surface area (Å²) in [5, 5.41) is 6.81. The van der Waals surface area contributed by atoms with Gasteiger partial charge in [0.1, 0.15) is 6.33 Å². The second-order valence-electron chi connectivity index (χ2n) is 5.72. The Morgan fingerprint density at radius 3 is 3.10 bits per heavy atom. The van der Waals surface area contributed by atoms with E-state index in [-0.39, 0.29) is 0 Å². The van der Waals surface area contributed by atoms with Crippen LogP contribution in [0.15, 0.2) is 30.6 Å². The van der Waals surface area contributed by atoms with Crippen molar-refractivity contribution in [1.29, 1.82) is 0 Å². The molecule has 1 aliphatic rings. The van der Waals surface area contributed by atoms with E-state index in [2.05, 4.69) is 45.3 Å². The number of benzene rings is 1. The average molecular weight is 286 g/mol. The van der Waals surface area contributed by atoms with E-state index in [0.29, 0.717) is 6.10 Å². The van der Waals surface area contributed by atoms with Crippen molar-refractivity contribution < 1.29 is 4.74 Å². The van der Waals surface area contributed by atoms with Gasteiger partial charge in [-0.15, -0.1) is 0 Å². The zero-order valence-electron chi connectivity index (χ0n) is 12.5. The molecule has 1 fully saturated rings. The minimum Gasteiger partial charge on any atom is -0.377 e. The van der Waals surface area contributed by atoms with Crippen molar-refractivity contribution in [3.63, 3.8) is 0 Å². The fraction of sp³-hybridized carbons (Fsp3) is 0.500. The van der Waals surface area contributed by atoms with Crippen LogP contribution in [-0.4, -0.2) is 46.4 Å². The average Bonchev–Trinajstić information content (AvgIpc) is 3.02. The summed E-state index contributed by atoms with van der Waals surface area (Å²) >= 11 is 0. The molecule has 0 aliphatic carbocycles. The summed E-state index contributed by atoms with van der Waals surface area (Å²) in [7, 11) is 2.15. The van der Waals surface area contributed by atoms with Gasteiger partial charge in [0.15, 0.2) is 5.82 Å². The highest BCUT2D eigenvalue weighted by molar-refractivity contribution is 5.55. The Bertz CT molecular complexity index is 549. The number of nitrogens with one attached hydrogen (secondary N) is 1. The molecule has 5 heteroatoms. The van der Waals surface area contributed by atoms with Crippen LogP contribution in [0.4, 0.5) is 0 Å². The zero-order valence-corrected chi connectivity index (χ0v) is 12.5. The molecule has 5 nitrogen and oxygen atoms in total. The van der Waals surface area contributed by atoms with Gasteiger partial charge in [0.05, 0.1) is 6.10 Å². The van der Waals surface area contributed by atoms with Gasteiger partial charge in [-0.1, -0.05) is 18.2 Å². The van der Waals surface area contributed by atoms with Gasteiger partial charge in [0.25, 0.3) is 0 Å². The van der Waals surface area contributed by atoms with Gasteiger partial charge in [-0.2, -0.15) is 5.10 Å². The van der Waals surface area contributed by atoms with Crippen LogP contribution in [-0.2, 0) is 11.3 Å². The maximum Gasteiger partial charge on any atom is 0.155 e. The topological polar surface area (TPSA) is 54.0 Å². The summed E-state index contributed by atoms with van der Waals surface area (Å²) in [5.41, 5.74) is 2.36. The second-order valence-corrected chi connectivity index (χ2v) is 5.72. The lowest BCUT2D eigenvalue weighted by Gasteiger charge is -2.27. The highest BCUT2D eigenvalue weighted by Crippen LogP contribution is 2.18. The predicted molar refractivity (Wildman–Crippen MR) is 81.7 cm³/mol. The molecule has 2 aromatic rings. The van der Waals surface area contributed by atoms with E-state index in [1.165, 1.54) is 31.2 Å². The molecule has 0 saturated carbocycles. The molecule has 0 bridgehead atoms. The van der Waals surface area contributed by atoms with Crippen LogP contribution in [0.25, 0.3) is 11.4 Å². The van der Waals surface area contributed by atoms with Crippen LogP contribution < -0.4 is 0 Å². The summed E-state index contributed by atoms with van der Waals surface area (Å²) < 4.78 is 5.80. The first kappa shape index (κ1) is 14.2. The van der Waals surface area contributed by atoms with Crippen molar-refractivity contribution in [1.82, 2.24) is 20.1 Å². The molecule has 1 saturated heterocycles. The van der Waals surface area contributed by atoms with E-state index in [0.717, 1.165) is 31.1 Å². The number of ether oxygens (including phenoxy) is 1. The number of hydrogen-bond acceptors (Lipinski definition) is 4. The molecule has 112 valence electrons. The van der Waals surface area contributed by atoms with E-state index in [1.54, 1.807) is 0 Å². The van der Waals surface area contributed by atoms with Crippen LogP contribution in [0, 0.1) is 0 Å². The highest BCUT2D eigenvalue weighted by atomic mass is 16.5. The number of hydrogen-bond donors (Lipinski definition) is 1. The first-order valence-electron chi connectivity index (χ1n) is 7.56. The first-order chi connectivity index (χ1) is 10.3. The molecule has 1 unspecified atom stereocenters. The molecule has 2 heterocycles. The number of likely N-dealkylation sites (N-methyl/N-ethyl adjacent to an activating group) is 1. The minimum absolute atomic E-state index is 0.390. The Labute approximate surface area is 125 Å². The molecule has 1 aromatic carbocycles. The summed E-state index contributed by atoms with van der Waals surface area (Å²) in [4.78, 5) is 6.53. The fourth-order valence-corrected chi connectivity index (χ4v) is 2.84. The maximum absolute atomic E-state index is 5.80. The number of nitrogens with zero attached hydrogens (tertiary/aromatic N) is 3. The minimum atomic E-state index is 0.390.